The first-order chi connectivity index (χ1) is 12.2. The molecule has 1 aliphatic rings. The van der Waals surface area contributed by atoms with Crippen LogP contribution in [0.4, 0.5) is 5.00 Å². The van der Waals surface area contributed by atoms with Crippen LogP contribution in [0, 0.1) is 5.92 Å². The van der Waals surface area contributed by atoms with Gasteiger partial charge < -0.3 is 5.73 Å². The van der Waals surface area contributed by atoms with Crippen LogP contribution in [0.15, 0.2) is 47.8 Å². The van der Waals surface area contributed by atoms with Gasteiger partial charge in [-0.15, -0.1) is 22.7 Å². The molecule has 0 radical (unpaired) electrons. The molecule has 1 aromatic carbocycles. The van der Waals surface area contributed by atoms with Crippen LogP contribution in [0.1, 0.15) is 37.7 Å². The van der Waals surface area contributed by atoms with Crippen molar-refractivity contribution in [3.8, 4) is 0 Å². The summed E-state index contributed by atoms with van der Waals surface area (Å²) in [6.45, 7) is 0. The summed E-state index contributed by atoms with van der Waals surface area (Å²) in [5.74, 6) is 0.863. The van der Waals surface area contributed by atoms with Gasteiger partial charge in [-0.1, -0.05) is 36.4 Å². The first-order valence-electron chi connectivity index (χ1n) is 8.70. The summed E-state index contributed by atoms with van der Waals surface area (Å²) in [6, 6.07) is 14.5. The van der Waals surface area contributed by atoms with E-state index in [0.29, 0.717) is 12.3 Å². The van der Waals surface area contributed by atoms with Crippen LogP contribution in [0.5, 0.6) is 0 Å². The van der Waals surface area contributed by atoms with Crippen molar-refractivity contribution < 1.29 is 4.79 Å². The van der Waals surface area contributed by atoms with Crippen molar-refractivity contribution in [1.82, 2.24) is 0 Å². The molecule has 4 rings (SSSR count). The zero-order valence-corrected chi connectivity index (χ0v) is 15.7. The number of thiophene rings is 2. The Morgan fingerprint density at radius 2 is 2.00 bits per heavy atom. The van der Waals surface area contributed by atoms with Crippen molar-refractivity contribution in [3.63, 3.8) is 0 Å². The average molecular weight is 368 g/mol. The maximum absolute atomic E-state index is 12.5. The maximum Gasteiger partial charge on any atom is 0.177 e. The van der Waals surface area contributed by atoms with Crippen molar-refractivity contribution in [2.24, 2.45) is 5.92 Å². The topological polar surface area (TPSA) is 43.1 Å². The van der Waals surface area contributed by atoms with Crippen molar-refractivity contribution in [2.75, 3.05) is 5.73 Å². The molecule has 1 unspecified atom stereocenters. The molecule has 1 atom stereocenters. The predicted molar refractivity (Wildman–Crippen MR) is 107 cm³/mol. The smallest absolute Gasteiger partial charge is 0.177 e. The molecule has 0 aliphatic heterocycles. The van der Waals surface area contributed by atoms with Gasteiger partial charge in [-0.3, -0.25) is 4.79 Å². The zero-order valence-electron chi connectivity index (χ0n) is 14.0. The summed E-state index contributed by atoms with van der Waals surface area (Å²) in [5, 5.41) is 2.80. The van der Waals surface area contributed by atoms with Gasteiger partial charge in [-0.25, -0.2) is 0 Å². The van der Waals surface area contributed by atoms with Crippen LogP contribution in [0.25, 0.3) is 0 Å². The molecule has 25 heavy (non-hydrogen) atoms. The fourth-order valence-corrected chi connectivity index (χ4v) is 5.66. The van der Waals surface area contributed by atoms with E-state index in [1.54, 1.807) is 11.3 Å². The van der Waals surface area contributed by atoms with Crippen LogP contribution in [0.2, 0.25) is 0 Å². The van der Waals surface area contributed by atoms with Crippen molar-refractivity contribution in [3.05, 3.63) is 74.3 Å². The Kier molecular flexibility index (Phi) is 4.73. The van der Waals surface area contributed by atoms with Gasteiger partial charge in [0.25, 0.3) is 0 Å². The average Bonchev–Trinajstić information content (AvgIpc) is 3.24. The molecule has 1 aliphatic carbocycles. The van der Waals surface area contributed by atoms with Gasteiger partial charge in [-0.2, -0.15) is 0 Å². The third-order valence-corrected chi connectivity index (χ3v) is 7.05. The summed E-state index contributed by atoms with van der Waals surface area (Å²) >= 11 is 3.21. The first-order valence-corrected chi connectivity index (χ1v) is 10.4. The van der Waals surface area contributed by atoms with E-state index in [0.717, 1.165) is 34.7 Å². The van der Waals surface area contributed by atoms with E-state index in [4.69, 9.17) is 5.73 Å². The maximum atomic E-state index is 12.5. The lowest BCUT2D eigenvalue weighted by Crippen LogP contribution is -2.16. The van der Waals surface area contributed by atoms with E-state index in [2.05, 4.69) is 30.3 Å². The summed E-state index contributed by atoms with van der Waals surface area (Å²) in [7, 11) is 0. The summed E-state index contributed by atoms with van der Waals surface area (Å²) < 4.78 is 0. The highest BCUT2D eigenvalue weighted by molar-refractivity contribution is 7.16. The van der Waals surface area contributed by atoms with Gasteiger partial charge >= 0.3 is 0 Å². The highest BCUT2D eigenvalue weighted by Crippen LogP contribution is 2.39. The SMILES string of the molecule is Nc1sc2c(c1CC(=O)c1cccs1)CCC(Cc1ccccc1)C2. The highest BCUT2D eigenvalue weighted by Gasteiger charge is 2.26. The lowest BCUT2D eigenvalue weighted by atomic mass is 9.83. The molecule has 0 saturated carbocycles. The van der Waals surface area contributed by atoms with Gasteiger partial charge in [-0.05, 0) is 59.7 Å². The molecular weight excluding hydrogens is 346 g/mol. The normalized spacial score (nSPS) is 16.6. The van der Waals surface area contributed by atoms with E-state index >= 15 is 0 Å². The van der Waals surface area contributed by atoms with Gasteiger partial charge in [0.15, 0.2) is 5.78 Å². The molecule has 0 saturated heterocycles. The molecule has 2 heterocycles. The second-order valence-electron chi connectivity index (χ2n) is 6.72. The molecule has 2 N–H and O–H groups in total. The number of benzene rings is 1. The van der Waals surface area contributed by atoms with Gasteiger partial charge in [0, 0.05) is 11.3 Å². The molecular formula is C21H21NOS2. The Balaban J connectivity index is 1.50. The van der Waals surface area contributed by atoms with Gasteiger partial charge in [0.05, 0.1) is 9.88 Å². The Labute approximate surface area is 156 Å². The van der Waals surface area contributed by atoms with Gasteiger partial charge in [0.1, 0.15) is 0 Å². The van der Waals surface area contributed by atoms with E-state index < -0.39 is 0 Å². The lowest BCUT2D eigenvalue weighted by molar-refractivity contribution is 0.0996. The number of Topliss-reactive ketones (excluding diaryl/α,β-unsaturated/α-hetero) is 1. The Morgan fingerprint density at radius 3 is 2.76 bits per heavy atom. The minimum absolute atomic E-state index is 0.189. The Bertz CT molecular complexity index is 865. The molecule has 0 bridgehead atoms. The fraction of sp³-hybridized carbons (Fsp3) is 0.286. The summed E-state index contributed by atoms with van der Waals surface area (Å²) in [5.41, 5.74) is 10.2. The number of carbonyl (C=O) groups excluding carboxylic acids is 1. The van der Waals surface area contributed by atoms with Crippen molar-refractivity contribution in [2.45, 2.75) is 32.1 Å². The number of fused-ring (bicyclic) bond motifs is 1. The van der Waals surface area contributed by atoms with Crippen LogP contribution >= 0.6 is 22.7 Å². The standard InChI is InChI=1S/C21H21NOS2/c22-21-17(13-18(23)19-7-4-10-24-19)16-9-8-15(12-20(16)25-21)11-14-5-2-1-3-6-14/h1-7,10,15H,8-9,11-13,22H2. The highest BCUT2D eigenvalue weighted by atomic mass is 32.1. The Morgan fingerprint density at radius 1 is 1.16 bits per heavy atom. The first kappa shape index (κ1) is 16.6. The molecule has 4 heteroatoms. The molecule has 0 fully saturated rings. The number of ketones is 1. The molecule has 0 spiro atoms. The van der Waals surface area contributed by atoms with E-state index in [9.17, 15) is 4.79 Å². The number of hydrogen-bond acceptors (Lipinski definition) is 4. The van der Waals surface area contributed by atoms with E-state index in [1.807, 2.05) is 17.5 Å². The minimum Gasteiger partial charge on any atom is -0.390 e. The molecule has 2 nitrogen and oxygen atoms in total. The van der Waals surface area contributed by atoms with Gasteiger partial charge in [0.2, 0.25) is 0 Å². The number of carbonyl (C=O) groups is 1. The van der Waals surface area contributed by atoms with Crippen LogP contribution < -0.4 is 5.73 Å². The predicted octanol–water partition coefficient (Wildman–Crippen LogP) is 5.16. The number of rotatable bonds is 5. The van der Waals surface area contributed by atoms with E-state index in [1.165, 1.54) is 33.8 Å². The molecule has 0 amide bonds. The summed E-state index contributed by atoms with van der Waals surface area (Å²) in [6.07, 6.45) is 4.89. The number of nitrogen functional groups attached to an aromatic ring is 1. The zero-order chi connectivity index (χ0) is 17.2. The Hall–Kier alpha value is -1.91. The second kappa shape index (κ2) is 7.14. The third kappa shape index (κ3) is 3.55. The molecule has 2 aromatic heterocycles. The quantitative estimate of drug-likeness (QED) is 0.633. The molecule has 128 valence electrons. The van der Waals surface area contributed by atoms with Crippen molar-refractivity contribution >= 4 is 33.5 Å². The number of nitrogens with two attached hydrogens (primary N) is 1. The lowest BCUT2D eigenvalue weighted by Gasteiger charge is -2.23. The van der Waals surface area contributed by atoms with Crippen LogP contribution in [0.3, 0.4) is 0 Å². The third-order valence-electron chi connectivity index (χ3n) is 5.01. The van der Waals surface area contributed by atoms with Crippen LogP contribution in [-0.2, 0) is 25.7 Å². The van der Waals surface area contributed by atoms with E-state index in [-0.39, 0.29) is 5.78 Å². The minimum atomic E-state index is 0.189. The van der Waals surface area contributed by atoms with Crippen LogP contribution in [-0.4, -0.2) is 5.78 Å². The monoisotopic (exact) mass is 367 g/mol. The number of hydrogen-bond donors (Lipinski definition) is 1. The number of anilines is 1. The second-order valence-corrected chi connectivity index (χ2v) is 8.81. The molecule has 3 aromatic rings. The fourth-order valence-electron chi connectivity index (χ4n) is 3.74. The summed E-state index contributed by atoms with van der Waals surface area (Å²) in [4.78, 5) is 14.7. The largest absolute Gasteiger partial charge is 0.390 e. The van der Waals surface area contributed by atoms with Crippen molar-refractivity contribution in [1.29, 1.82) is 0 Å².